The molecule has 0 amide bonds. The molecule has 0 saturated carbocycles. The molecule has 0 aliphatic heterocycles. The zero-order chi connectivity index (χ0) is 17.3. The van der Waals surface area contributed by atoms with E-state index in [1.165, 1.54) is 12.0 Å². The molecular weight excluding hydrogens is 306 g/mol. The van der Waals surface area contributed by atoms with E-state index in [0.29, 0.717) is 11.8 Å². The van der Waals surface area contributed by atoms with Gasteiger partial charge in [-0.05, 0) is 55.7 Å². The van der Waals surface area contributed by atoms with Crippen molar-refractivity contribution in [2.45, 2.75) is 70.7 Å². The predicted molar refractivity (Wildman–Crippen MR) is 96.6 cm³/mol. The smallest absolute Gasteiger partial charge is 0.228 e. The second-order valence-corrected chi connectivity index (χ2v) is 13.3. The predicted octanol–water partition coefficient (Wildman–Crippen LogP) is 4.96. The Morgan fingerprint density at radius 1 is 1.39 bits per heavy atom. The van der Waals surface area contributed by atoms with E-state index in [0.717, 1.165) is 19.3 Å². The molecule has 0 radical (unpaired) electrons. The Hall–Kier alpha value is -0.943. The minimum absolute atomic E-state index is 0.0719. The topological polar surface area (TPSA) is 52.4 Å². The van der Waals surface area contributed by atoms with Crippen LogP contribution in [0.5, 0.6) is 0 Å². The zero-order valence-electron chi connectivity index (χ0n) is 15.2. The maximum atomic E-state index is 11.0. The van der Waals surface area contributed by atoms with Crippen LogP contribution in [0, 0.1) is 22.0 Å². The van der Waals surface area contributed by atoms with Crippen molar-refractivity contribution in [3.05, 3.63) is 33.9 Å². The third-order valence-corrected chi connectivity index (χ3v) is 10.2. The normalized spacial score (nSPS) is 24.8. The summed E-state index contributed by atoms with van der Waals surface area (Å²) in [6.07, 6.45) is 10.8. The van der Waals surface area contributed by atoms with Crippen molar-refractivity contribution in [1.82, 2.24) is 0 Å². The van der Waals surface area contributed by atoms with Crippen molar-refractivity contribution in [2.75, 3.05) is 6.54 Å². The fourth-order valence-electron chi connectivity index (χ4n) is 3.27. The Bertz CT molecular complexity index is 505. The average Bonchev–Trinajstić information content (AvgIpc) is 2.98. The molecule has 0 fully saturated rings. The van der Waals surface area contributed by atoms with Gasteiger partial charge in [-0.3, -0.25) is 10.1 Å². The molecule has 0 saturated heterocycles. The SMILES string of the molecule is CC(C)(C)[Si](C)(C)OC(CCCC1=CC2C=CC1C2)C[N+](=O)[O-]. The molecule has 0 spiro atoms. The molecule has 3 atom stereocenters. The number of allylic oxidation sites excluding steroid dienone is 4. The lowest BCUT2D eigenvalue weighted by Gasteiger charge is -2.38. The highest BCUT2D eigenvalue weighted by Crippen LogP contribution is 2.41. The van der Waals surface area contributed by atoms with Gasteiger partial charge >= 0.3 is 0 Å². The third kappa shape index (κ3) is 4.77. The maximum Gasteiger partial charge on any atom is 0.228 e. The van der Waals surface area contributed by atoms with Crippen molar-refractivity contribution in [2.24, 2.45) is 11.8 Å². The number of rotatable bonds is 8. The first-order chi connectivity index (χ1) is 10.6. The lowest BCUT2D eigenvalue weighted by atomic mass is 9.97. The Kier molecular flexibility index (Phi) is 5.51. The van der Waals surface area contributed by atoms with Crippen molar-refractivity contribution in [3.8, 4) is 0 Å². The van der Waals surface area contributed by atoms with Gasteiger partial charge in [0.25, 0.3) is 0 Å². The van der Waals surface area contributed by atoms with Gasteiger partial charge in [-0.25, -0.2) is 0 Å². The Morgan fingerprint density at radius 3 is 2.57 bits per heavy atom. The maximum absolute atomic E-state index is 11.0. The number of hydrogen-bond donors (Lipinski definition) is 0. The third-order valence-electron chi connectivity index (χ3n) is 5.63. The van der Waals surface area contributed by atoms with Crippen LogP contribution in [0.15, 0.2) is 23.8 Å². The molecule has 3 unspecified atom stereocenters. The molecule has 0 aromatic heterocycles. The second-order valence-electron chi connectivity index (χ2n) is 8.54. The first-order valence-electron chi connectivity index (χ1n) is 8.77. The molecule has 0 aromatic rings. The fraction of sp³-hybridized carbons (Fsp3) is 0.778. The van der Waals surface area contributed by atoms with Gasteiger partial charge in [0.1, 0.15) is 6.10 Å². The monoisotopic (exact) mass is 337 g/mol. The molecule has 0 heterocycles. The van der Waals surface area contributed by atoms with Crippen LogP contribution in [0.25, 0.3) is 0 Å². The summed E-state index contributed by atoms with van der Waals surface area (Å²) in [5.41, 5.74) is 1.53. The van der Waals surface area contributed by atoms with E-state index >= 15 is 0 Å². The molecule has 2 aliphatic carbocycles. The zero-order valence-corrected chi connectivity index (χ0v) is 16.2. The van der Waals surface area contributed by atoms with Gasteiger partial charge in [0.05, 0.1) is 0 Å². The van der Waals surface area contributed by atoms with Gasteiger partial charge in [-0.1, -0.05) is 44.6 Å². The average molecular weight is 338 g/mol. The molecule has 2 aliphatic rings. The Balaban J connectivity index is 1.86. The first-order valence-corrected chi connectivity index (χ1v) is 11.7. The summed E-state index contributed by atoms with van der Waals surface area (Å²) in [6.45, 7) is 10.8. The minimum atomic E-state index is -1.96. The molecular formula is C18H31NO3Si. The van der Waals surface area contributed by atoms with Crippen LogP contribution in [0.2, 0.25) is 18.1 Å². The van der Waals surface area contributed by atoms with Gasteiger partial charge in [0.15, 0.2) is 8.32 Å². The van der Waals surface area contributed by atoms with Crippen LogP contribution < -0.4 is 0 Å². The van der Waals surface area contributed by atoms with Gasteiger partial charge in [0.2, 0.25) is 6.54 Å². The highest BCUT2D eigenvalue weighted by molar-refractivity contribution is 6.74. The Labute approximate surface area is 141 Å². The molecule has 2 bridgehead atoms. The van der Waals surface area contributed by atoms with Crippen LogP contribution in [0.4, 0.5) is 0 Å². The molecule has 0 aromatic carbocycles. The molecule has 0 N–H and O–H groups in total. The fourth-order valence-corrected chi connectivity index (χ4v) is 4.65. The lowest BCUT2D eigenvalue weighted by Crippen LogP contribution is -2.45. The highest BCUT2D eigenvalue weighted by Gasteiger charge is 2.40. The quantitative estimate of drug-likeness (QED) is 0.272. The summed E-state index contributed by atoms with van der Waals surface area (Å²) in [4.78, 5) is 10.8. The number of hydrogen-bond acceptors (Lipinski definition) is 3. The Morgan fingerprint density at radius 2 is 2.09 bits per heavy atom. The highest BCUT2D eigenvalue weighted by atomic mass is 28.4. The number of fused-ring (bicyclic) bond motifs is 2. The molecule has 2 rings (SSSR count). The van der Waals surface area contributed by atoms with E-state index in [1.807, 2.05) is 0 Å². The van der Waals surface area contributed by atoms with E-state index in [9.17, 15) is 10.1 Å². The minimum Gasteiger partial charge on any atom is -0.407 e. The van der Waals surface area contributed by atoms with Crippen LogP contribution in [-0.2, 0) is 4.43 Å². The number of nitro groups is 1. The van der Waals surface area contributed by atoms with Crippen LogP contribution in [0.1, 0.15) is 46.5 Å². The van der Waals surface area contributed by atoms with Crippen molar-refractivity contribution in [3.63, 3.8) is 0 Å². The summed E-state index contributed by atoms with van der Waals surface area (Å²) in [5.74, 6) is 1.28. The van der Waals surface area contributed by atoms with Crippen molar-refractivity contribution in [1.29, 1.82) is 0 Å². The van der Waals surface area contributed by atoms with Crippen LogP contribution >= 0.6 is 0 Å². The van der Waals surface area contributed by atoms with Gasteiger partial charge in [-0.2, -0.15) is 0 Å². The largest absolute Gasteiger partial charge is 0.407 e. The van der Waals surface area contributed by atoms with E-state index in [2.05, 4.69) is 52.1 Å². The van der Waals surface area contributed by atoms with Crippen LogP contribution in [-0.4, -0.2) is 25.9 Å². The molecule has 5 heteroatoms. The van der Waals surface area contributed by atoms with E-state index in [4.69, 9.17) is 4.43 Å². The van der Waals surface area contributed by atoms with E-state index in [-0.39, 0.29) is 22.6 Å². The summed E-state index contributed by atoms with van der Waals surface area (Å²) >= 11 is 0. The van der Waals surface area contributed by atoms with Crippen molar-refractivity contribution < 1.29 is 9.35 Å². The van der Waals surface area contributed by atoms with E-state index in [1.54, 1.807) is 0 Å². The number of nitrogens with zero attached hydrogens (tertiary/aromatic N) is 1. The van der Waals surface area contributed by atoms with Gasteiger partial charge in [0, 0.05) is 4.92 Å². The summed E-state index contributed by atoms with van der Waals surface area (Å²) < 4.78 is 6.30. The first kappa shape index (κ1) is 18.4. The van der Waals surface area contributed by atoms with E-state index < -0.39 is 8.32 Å². The summed E-state index contributed by atoms with van der Waals surface area (Å²) in [7, 11) is -1.96. The standard InChI is InChI=1S/C18H31NO3Si/c1-18(2,3)23(4,5)22-17(13-19(20)21)8-6-7-15-11-14-9-10-16(15)12-14/h9-11,14,16-17H,6-8,12-13H2,1-5H3. The molecule has 130 valence electrons. The molecule has 4 nitrogen and oxygen atoms in total. The van der Waals surface area contributed by atoms with Crippen molar-refractivity contribution >= 4 is 8.32 Å². The molecule has 23 heavy (non-hydrogen) atoms. The van der Waals surface area contributed by atoms with Crippen LogP contribution in [0.3, 0.4) is 0 Å². The lowest BCUT2D eigenvalue weighted by molar-refractivity contribution is -0.489. The summed E-state index contributed by atoms with van der Waals surface area (Å²) in [5, 5.41) is 11.1. The van der Waals surface area contributed by atoms with Gasteiger partial charge < -0.3 is 4.43 Å². The second kappa shape index (κ2) is 6.89. The van der Waals surface area contributed by atoms with Gasteiger partial charge in [-0.15, -0.1) is 0 Å². The summed E-state index contributed by atoms with van der Waals surface area (Å²) in [6, 6.07) is 0.